The summed E-state index contributed by atoms with van der Waals surface area (Å²) in [6.45, 7) is 2.65. The number of hydrogen-bond donors (Lipinski definition) is 2. The van der Waals surface area contributed by atoms with Crippen LogP contribution in [0.3, 0.4) is 0 Å². The predicted octanol–water partition coefficient (Wildman–Crippen LogP) is 0.888. The monoisotopic (exact) mass is 397 g/mol. The number of piperidine rings is 1. The van der Waals surface area contributed by atoms with Crippen LogP contribution in [0.1, 0.15) is 24.8 Å². The fourth-order valence-electron chi connectivity index (χ4n) is 4.20. The highest BCUT2D eigenvalue weighted by molar-refractivity contribution is 5.92. The molecule has 2 aliphatic heterocycles. The van der Waals surface area contributed by atoms with Gasteiger partial charge in [-0.15, -0.1) is 0 Å². The Balaban J connectivity index is 1.42. The standard InChI is InChI=1S/C21H27N5O3/c1-29-17-5-3-16(4-6-17)15-25-14-7-18(19(25)27)24-20(28)21(8-11-22-12-9-21)26-13-2-10-23-26/h2-6,10,13,18,22H,7-9,11-12,14-15H2,1H3,(H,24,28). The van der Waals surface area contributed by atoms with Crippen LogP contribution in [0.5, 0.6) is 5.75 Å². The molecule has 2 saturated heterocycles. The smallest absolute Gasteiger partial charge is 0.248 e. The lowest BCUT2D eigenvalue weighted by Gasteiger charge is -2.37. The largest absolute Gasteiger partial charge is 0.497 e. The summed E-state index contributed by atoms with van der Waals surface area (Å²) in [4.78, 5) is 28.0. The minimum absolute atomic E-state index is 0.0290. The number of nitrogens with zero attached hydrogens (tertiary/aromatic N) is 3. The number of amides is 2. The molecule has 0 bridgehead atoms. The van der Waals surface area contributed by atoms with Crippen molar-refractivity contribution in [2.75, 3.05) is 26.7 Å². The molecule has 2 amide bonds. The number of carbonyl (C=O) groups excluding carboxylic acids is 2. The van der Waals surface area contributed by atoms with Gasteiger partial charge in [0.05, 0.1) is 7.11 Å². The van der Waals surface area contributed by atoms with Crippen molar-refractivity contribution >= 4 is 11.8 Å². The van der Waals surface area contributed by atoms with E-state index in [1.165, 1.54) is 0 Å². The average molecular weight is 397 g/mol. The molecule has 4 rings (SSSR count). The molecule has 2 N–H and O–H groups in total. The van der Waals surface area contributed by atoms with Gasteiger partial charge in [-0.2, -0.15) is 5.10 Å². The van der Waals surface area contributed by atoms with Crippen LogP contribution in [0.15, 0.2) is 42.7 Å². The van der Waals surface area contributed by atoms with Crippen LogP contribution in [-0.2, 0) is 21.7 Å². The number of carbonyl (C=O) groups is 2. The van der Waals surface area contributed by atoms with Crippen molar-refractivity contribution in [3.63, 3.8) is 0 Å². The summed E-state index contributed by atoms with van der Waals surface area (Å²) in [7, 11) is 1.63. The summed E-state index contributed by atoms with van der Waals surface area (Å²) < 4.78 is 6.93. The first-order valence-corrected chi connectivity index (χ1v) is 10.1. The molecule has 29 heavy (non-hydrogen) atoms. The van der Waals surface area contributed by atoms with E-state index in [1.54, 1.807) is 22.9 Å². The second-order valence-electron chi connectivity index (χ2n) is 7.65. The molecule has 154 valence electrons. The zero-order valence-electron chi connectivity index (χ0n) is 16.6. The van der Waals surface area contributed by atoms with Crippen molar-refractivity contribution in [2.24, 2.45) is 0 Å². The van der Waals surface area contributed by atoms with Crippen molar-refractivity contribution in [1.82, 2.24) is 25.3 Å². The number of likely N-dealkylation sites (tertiary alicyclic amines) is 1. The highest BCUT2D eigenvalue weighted by atomic mass is 16.5. The Morgan fingerprint density at radius 3 is 2.72 bits per heavy atom. The van der Waals surface area contributed by atoms with E-state index in [0.717, 1.165) is 24.4 Å². The summed E-state index contributed by atoms with van der Waals surface area (Å²) >= 11 is 0. The quantitative estimate of drug-likeness (QED) is 0.756. The number of methoxy groups -OCH3 is 1. The van der Waals surface area contributed by atoms with Gasteiger partial charge in [0.1, 0.15) is 17.3 Å². The lowest BCUT2D eigenvalue weighted by atomic mass is 9.87. The van der Waals surface area contributed by atoms with Crippen molar-refractivity contribution in [1.29, 1.82) is 0 Å². The summed E-state index contributed by atoms with van der Waals surface area (Å²) in [5.41, 5.74) is 0.302. The predicted molar refractivity (Wildman–Crippen MR) is 107 cm³/mol. The first kappa shape index (κ1) is 19.4. The van der Waals surface area contributed by atoms with E-state index in [2.05, 4.69) is 15.7 Å². The molecule has 0 radical (unpaired) electrons. The van der Waals surface area contributed by atoms with Gasteiger partial charge in [-0.25, -0.2) is 0 Å². The summed E-state index contributed by atoms with van der Waals surface area (Å²) in [5, 5.41) is 10.7. The first-order chi connectivity index (χ1) is 14.1. The van der Waals surface area contributed by atoms with Crippen LogP contribution in [-0.4, -0.2) is 59.3 Å². The number of benzene rings is 1. The molecular formula is C21H27N5O3. The van der Waals surface area contributed by atoms with Gasteiger partial charge in [-0.1, -0.05) is 12.1 Å². The van der Waals surface area contributed by atoms with Gasteiger partial charge in [0, 0.05) is 25.5 Å². The lowest BCUT2D eigenvalue weighted by molar-refractivity contribution is -0.137. The Morgan fingerprint density at radius 2 is 2.07 bits per heavy atom. The zero-order valence-corrected chi connectivity index (χ0v) is 16.6. The number of hydrogen-bond acceptors (Lipinski definition) is 5. The van der Waals surface area contributed by atoms with Gasteiger partial charge in [0.2, 0.25) is 11.8 Å². The van der Waals surface area contributed by atoms with Crippen LogP contribution in [0.4, 0.5) is 0 Å². The SMILES string of the molecule is COc1ccc(CN2CCC(NC(=O)C3(n4cccn4)CCNCC3)C2=O)cc1. The molecule has 2 aliphatic rings. The molecule has 1 aromatic heterocycles. The van der Waals surface area contributed by atoms with Crippen LogP contribution in [0.2, 0.25) is 0 Å². The van der Waals surface area contributed by atoms with E-state index in [9.17, 15) is 9.59 Å². The third-order valence-corrected chi connectivity index (χ3v) is 5.93. The fourth-order valence-corrected chi connectivity index (χ4v) is 4.20. The maximum atomic E-state index is 13.3. The Kier molecular flexibility index (Phi) is 5.53. The molecule has 2 aromatic rings. The van der Waals surface area contributed by atoms with E-state index < -0.39 is 11.6 Å². The molecule has 0 saturated carbocycles. The van der Waals surface area contributed by atoms with Crippen molar-refractivity contribution in [3.05, 3.63) is 48.3 Å². The maximum absolute atomic E-state index is 13.3. The Hall–Kier alpha value is -2.87. The van der Waals surface area contributed by atoms with Crippen molar-refractivity contribution in [2.45, 2.75) is 37.4 Å². The molecule has 8 heteroatoms. The van der Waals surface area contributed by atoms with Crippen LogP contribution in [0.25, 0.3) is 0 Å². The Labute approximate surface area is 170 Å². The van der Waals surface area contributed by atoms with E-state index in [4.69, 9.17) is 4.74 Å². The molecule has 1 unspecified atom stereocenters. The van der Waals surface area contributed by atoms with Gasteiger partial charge >= 0.3 is 0 Å². The third kappa shape index (κ3) is 3.85. The second-order valence-corrected chi connectivity index (χ2v) is 7.65. The Morgan fingerprint density at radius 1 is 1.31 bits per heavy atom. The minimum Gasteiger partial charge on any atom is -0.497 e. The Bertz CT molecular complexity index is 844. The van der Waals surface area contributed by atoms with E-state index in [-0.39, 0.29) is 11.8 Å². The molecule has 0 aliphatic carbocycles. The molecule has 1 aromatic carbocycles. The average Bonchev–Trinajstić information content (AvgIpc) is 3.41. The lowest BCUT2D eigenvalue weighted by Crippen LogP contribution is -2.57. The first-order valence-electron chi connectivity index (χ1n) is 10.1. The van der Waals surface area contributed by atoms with Gasteiger partial charge in [0.25, 0.3) is 0 Å². The van der Waals surface area contributed by atoms with E-state index >= 15 is 0 Å². The number of rotatable bonds is 6. The molecule has 3 heterocycles. The maximum Gasteiger partial charge on any atom is 0.248 e. The van der Waals surface area contributed by atoms with Gasteiger partial charge in [0.15, 0.2) is 0 Å². The van der Waals surface area contributed by atoms with E-state index in [0.29, 0.717) is 32.4 Å². The van der Waals surface area contributed by atoms with Gasteiger partial charge in [-0.3, -0.25) is 14.3 Å². The number of ether oxygens (including phenoxy) is 1. The normalized spacial score (nSPS) is 21.2. The molecule has 8 nitrogen and oxygen atoms in total. The molecule has 1 atom stereocenters. The van der Waals surface area contributed by atoms with Gasteiger partial charge < -0.3 is 20.3 Å². The third-order valence-electron chi connectivity index (χ3n) is 5.93. The minimum atomic E-state index is -0.738. The zero-order chi connectivity index (χ0) is 20.3. The van der Waals surface area contributed by atoms with Crippen molar-refractivity contribution in [3.8, 4) is 5.75 Å². The molecule has 0 spiro atoms. The topological polar surface area (TPSA) is 88.5 Å². The fraction of sp³-hybridized carbons (Fsp3) is 0.476. The highest BCUT2D eigenvalue weighted by Crippen LogP contribution is 2.28. The molecule has 2 fully saturated rings. The van der Waals surface area contributed by atoms with E-state index in [1.807, 2.05) is 36.5 Å². The summed E-state index contributed by atoms with van der Waals surface area (Å²) in [6.07, 6.45) is 5.44. The summed E-state index contributed by atoms with van der Waals surface area (Å²) in [5.74, 6) is 0.642. The number of nitrogens with one attached hydrogen (secondary N) is 2. The second kappa shape index (κ2) is 8.24. The molecular weight excluding hydrogens is 370 g/mol. The van der Waals surface area contributed by atoms with Crippen LogP contribution < -0.4 is 15.4 Å². The highest BCUT2D eigenvalue weighted by Gasteiger charge is 2.44. The van der Waals surface area contributed by atoms with Crippen molar-refractivity contribution < 1.29 is 14.3 Å². The van der Waals surface area contributed by atoms with Crippen LogP contribution >= 0.6 is 0 Å². The number of aromatic nitrogens is 2. The summed E-state index contributed by atoms with van der Waals surface area (Å²) in [6, 6.07) is 9.04. The van der Waals surface area contributed by atoms with Gasteiger partial charge in [-0.05, 0) is 56.1 Å². The van der Waals surface area contributed by atoms with Crippen LogP contribution in [0, 0.1) is 0 Å².